The van der Waals surface area contributed by atoms with Crippen molar-refractivity contribution in [3.8, 4) is 11.3 Å². The number of amides is 1. The van der Waals surface area contributed by atoms with Gasteiger partial charge < -0.3 is 4.42 Å². The molecule has 0 radical (unpaired) electrons. The van der Waals surface area contributed by atoms with Crippen LogP contribution in [0.1, 0.15) is 16.1 Å². The van der Waals surface area contributed by atoms with Gasteiger partial charge in [-0.05, 0) is 41.1 Å². The summed E-state index contributed by atoms with van der Waals surface area (Å²) in [5.74, 6) is 0.470. The van der Waals surface area contributed by atoms with E-state index in [1.807, 2.05) is 30.3 Å². The van der Waals surface area contributed by atoms with Crippen LogP contribution >= 0.6 is 11.6 Å². The van der Waals surface area contributed by atoms with Crippen molar-refractivity contribution in [2.45, 2.75) is 0 Å². The molecule has 0 aliphatic heterocycles. The maximum atomic E-state index is 12.3. The predicted molar refractivity (Wildman–Crippen MR) is 115 cm³/mol. The molecule has 0 fully saturated rings. The molecule has 7 nitrogen and oxygen atoms in total. The number of hydrazone groups is 1. The molecular formula is C22H14ClN3O4. The Hall–Kier alpha value is -3.97. The van der Waals surface area contributed by atoms with Gasteiger partial charge in [-0.2, -0.15) is 5.10 Å². The highest BCUT2D eigenvalue weighted by atomic mass is 35.5. The van der Waals surface area contributed by atoms with Crippen LogP contribution in [0.4, 0.5) is 5.69 Å². The Morgan fingerprint density at radius 1 is 1.03 bits per heavy atom. The average molecular weight is 420 g/mol. The lowest BCUT2D eigenvalue weighted by atomic mass is 10.1. The van der Waals surface area contributed by atoms with Gasteiger partial charge in [-0.25, -0.2) is 5.43 Å². The van der Waals surface area contributed by atoms with E-state index in [0.717, 1.165) is 10.8 Å². The molecule has 3 aromatic carbocycles. The van der Waals surface area contributed by atoms with E-state index in [9.17, 15) is 14.9 Å². The van der Waals surface area contributed by atoms with Crippen molar-refractivity contribution in [2.75, 3.05) is 0 Å². The first-order chi connectivity index (χ1) is 14.5. The Labute approximate surface area is 175 Å². The molecule has 1 heterocycles. The van der Waals surface area contributed by atoms with E-state index in [4.69, 9.17) is 16.0 Å². The highest BCUT2D eigenvalue weighted by Crippen LogP contribution is 2.32. The van der Waals surface area contributed by atoms with Crippen molar-refractivity contribution in [3.63, 3.8) is 0 Å². The Balaban J connectivity index is 1.45. The third-order valence-electron chi connectivity index (χ3n) is 4.43. The van der Waals surface area contributed by atoms with E-state index in [0.29, 0.717) is 22.6 Å². The first-order valence-corrected chi connectivity index (χ1v) is 9.25. The molecule has 8 heteroatoms. The summed E-state index contributed by atoms with van der Waals surface area (Å²) in [5, 5.41) is 17.0. The lowest BCUT2D eigenvalue weighted by Crippen LogP contribution is -2.17. The summed E-state index contributed by atoms with van der Waals surface area (Å²) in [6.07, 6.45) is 1.36. The molecule has 1 N–H and O–H groups in total. The zero-order chi connectivity index (χ0) is 21.1. The Morgan fingerprint density at radius 3 is 2.60 bits per heavy atom. The summed E-state index contributed by atoms with van der Waals surface area (Å²) < 4.78 is 5.64. The summed E-state index contributed by atoms with van der Waals surface area (Å²) in [7, 11) is 0. The number of nitro groups is 1. The first kappa shape index (κ1) is 19.4. The van der Waals surface area contributed by atoms with Crippen molar-refractivity contribution in [2.24, 2.45) is 5.10 Å². The highest BCUT2D eigenvalue weighted by Gasteiger charge is 2.13. The van der Waals surface area contributed by atoms with Crippen molar-refractivity contribution in [1.82, 2.24) is 5.43 Å². The van der Waals surface area contributed by atoms with E-state index in [-0.39, 0.29) is 16.6 Å². The third kappa shape index (κ3) is 4.06. The molecule has 0 saturated carbocycles. The topological polar surface area (TPSA) is 97.7 Å². The quantitative estimate of drug-likeness (QED) is 0.265. The number of nitro benzene ring substituents is 1. The van der Waals surface area contributed by atoms with Gasteiger partial charge in [-0.3, -0.25) is 14.9 Å². The van der Waals surface area contributed by atoms with Crippen molar-refractivity contribution < 1.29 is 14.1 Å². The van der Waals surface area contributed by atoms with E-state index < -0.39 is 4.92 Å². The van der Waals surface area contributed by atoms with Gasteiger partial charge >= 0.3 is 0 Å². The van der Waals surface area contributed by atoms with Gasteiger partial charge in [0.1, 0.15) is 11.5 Å². The number of halogens is 1. The SMILES string of the molecule is O=C(N/N=C\c1ccc(-c2ccc([N+](=O)[O-])cc2Cl)o1)c1ccc2ccccc2c1. The molecule has 30 heavy (non-hydrogen) atoms. The predicted octanol–water partition coefficient (Wildman–Crippen LogP) is 5.43. The largest absolute Gasteiger partial charge is 0.455 e. The number of rotatable bonds is 5. The lowest BCUT2D eigenvalue weighted by Gasteiger charge is -2.02. The van der Waals surface area contributed by atoms with Crippen LogP contribution in [0.25, 0.3) is 22.1 Å². The van der Waals surface area contributed by atoms with Gasteiger partial charge in [0.15, 0.2) is 0 Å². The standard InChI is InChI=1S/C22H14ClN3O4/c23-20-12-17(26(28)29)7-9-19(20)21-10-8-18(30-21)13-24-25-22(27)16-6-5-14-3-1-2-4-15(14)11-16/h1-13H,(H,25,27)/b24-13-. The van der Waals surface area contributed by atoms with Gasteiger partial charge in [0, 0.05) is 23.3 Å². The maximum absolute atomic E-state index is 12.3. The smallest absolute Gasteiger partial charge is 0.271 e. The molecule has 4 rings (SSSR count). The Bertz CT molecular complexity index is 1300. The highest BCUT2D eigenvalue weighted by molar-refractivity contribution is 6.33. The number of carbonyl (C=O) groups excluding carboxylic acids is 1. The van der Waals surface area contributed by atoms with Crippen LogP contribution in [0.2, 0.25) is 5.02 Å². The van der Waals surface area contributed by atoms with Crippen LogP contribution in [0, 0.1) is 10.1 Å². The fourth-order valence-corrected chi connectivity index (χ4v) is 3.20. The van der Waals surface area contributed by atoms with E-state index in [1.54, 1.807) is 24.3 Å². The number of non-ortho nitro benzene ring substituents is 1. The number of fused-ring (bicyclic) bond motifs is 1. The number of hydrogen-bond donors (Lipinski definition) is 1. The summed E-state index contributed by atoms with van der Waals surface area (Å²) in [5.41, 5.74) is 3.36. The molecule has 0 aliphatic carbocycles. The second kappa shape index (κ2) is 8.18. The van der Waals surface area contributed by atoms with Gasteiger partial charge in [0.25, 0.3) is 11.6 Å². The normalized spacial score (nSPS) is 11.1. The van der Waals surface area contributed by atoms with Crippen molar-refractivity contribution in [3.05, 3.63) is 99.3 Å². The molecule has 0 bridgehead atoms. The summed E-state index contributed by atoms with van der Waals surface area (Å²) in [6.45, 7) is 0. The molecule has 1 amide bonds. The van der Waals surface area contributed by atoms with Crippen LogP contribution in [0.15, 0.2) is 82.3 Å². The van der Waals surface area contributed by atoms with Gasteiger partial charge in [-0.15, -0.1) is 0 Å². The number of nitrogens with zero attached hydrogens (tertiary/aromatic N) is 2. The van der Waals surface area contributed by atoms with E-state index >= 15 is 0 Å². The number of hydrogen-bond acceptors (Lipinski definition) is 5. The zero-order valence-corrected chi connectivity index (χ0v) is 16.2. The number of nitrogens with one attached hydrogen (secondary N) is 1. The van der Waals surface area contributed by atoms with Crippen LogP contribution in [-0.4, -0.2) is 17.0 Å². The maximum Gasteiger partial charge on any atom is 0.271 e. The molecule has 148 valence electrons. The minimum atomic E-state index is -0.520. The average Bonchev–Trinajstić information content (AvgIpc) is 3.21. The summed E-state index contributed by atoms with van der Waals surface area (Å²) in [4.78, 5) is 22.6. The fourth-order valence-electron chi connectivity index (χ4n) is 2.93. The molecule has 0 aliphatic rings. The molecular weight excluding hydrogens is 406 g/mol. The first-order valence-electron chi connectivity index (χ1n) is 8.87. The van der Waals surface area contributed by atoms with Crippen molar-refractivity contribution in [1.29, 1.82) is 0 Å². The molecule has 0 atom stereocenters. The second-order valence-corrected chi connectivity index (χ2v) is 6.79. The number of benzene rings is 3. The molecule has 0 unspecified atom stereocenters. The van der Waals surface area contributed by atoms with Gasteiger partial charge in [0.05, 0.1) is 16.2 Å². The number of carbonyl (C=O) groups is 1. The number of furan rings is 1. The molecule has 0 spiro atoms. The second-order valence-electron chi connectivity index (χ2n) is 6.38. The Morgan fingerprint density at radius 2 is 1.83 bits per heavy atom. The van der Waals surface area contributed by atoms with Gasteiger partial charge in [0.2, 0.25) is 0 Å². The molecule has 1 aromatic heterocycles. The third-order valence-corrected chi connectivity index (χ3v) is 4.74. The lowest BCUT2D eigenvalue weighted by molar-refractivity contribution is -0.384. The molecule has 0 saturated heterocycles. The fraction of sp³-hybridized carbons (Fsp3) is 0. The minimum Gasteiger partial charge on any atom is -0.455 e. The summed E-state index contributed by atoms with van der Waals surface area (Å²) >= 11 is 6.12. The minimum absolute atomic E-state index is 0.103. The van der Waals surface area contributed by atoms with Crippen LogP contribution in [0.3, 0.4) is 0 Å². The van der Waals surface area contributed by atoms with Crippen molar-refractivity contribution >= 4 is 40.2 Å². The monoisotopic (exact) mass is 419 g/mol. The van der Waals surface area contributed by atoms with E-state index in [1.165, 1.54) is 24.4 Å². The van der Waals surface area contributed by atoms with Crippen LogP contribution in [0.5, 0.6) is 0 Å². The molecule has 4 aromatic rings. The van der Waals surface area contributed by atoms with Gasteiger partial charge in [-0.1, -0.05) is 41.9 Å². The Kier molecular flexibility index (Phi) is 5.28. The van der Waals surface area contributed by atoms with E-state index in [2.05, 4.69) is 10.5 Å². The zero-order valence-electron chi connectivity index (χ0n) is 15.4. The van der Waals surface area contributed by atoms with Crippen LogP contribution in [-0.2, 0) is 0 Å². The summed E-state index contributed by atoms with van der Waals surface area (Å²) in [6, 6.07) is 20.6. The van der Waals surface area contributed by atoms with Crippen LogP contribution < -0.4 is 5.43 Å².